The quantitative estimate of drug-likeness (QED) is 0.835. The fraction of sp³-hybridized carbons (Fsp3) is 0.938. The Hall–Kier alpha value is -0.610. The zero-order valence-electron chi connectivity index (χ0n) is 12.8. The average Bonchev–Trinajstić information content (AvgIpc) is 2.66. The SMILES string of the molecule is CN1C2CCC1CN(C(=O)CC1CCCCC1N)CC2. The number of rotatable bonds is 2. The molecule has 0 radical (unpaired) electrons. The van der Waals surface area contributed by atoms with Gasteiger partial charge in [0.15, 0.2) is 0 Å². The van der Waals surface area contributed by atoms with Gasteiger partial charge in [-0.15, -0.1) is 0 Å². The Morgan fingerprint density at radius 3 is 2.65 bits per heavy atom. The second-order valence-electron chi connectivity index (χ2n) is 7.09. The first-order chi connectivity index (χ1) is 9.65. The minimum Gasteiger partial charge on any atom is -0.341 e. The summed E-state index contributed by atoms with van der Waals surface area (Å²) >= 11 is 0. The second kappa shape index (κ2) is 6.02. The Bertz CT molecular complexity index is 360. The van der Waals surface area contributed by atoms with Crippen LogP contribution < -0.4 is 5.73 Å². The van der Waals surface area contributed by atoms with E-state index in [1.807, 2.05) is 0 Å². The van der Waals surface area contributed by atoms with Crippen molar-refractivity contribution in [2.45, 2.75) is 69.5 Å². The maximum atomic E-state index is 12.6. The molecule has 1 amide bonds. The molecule has 1 saturated carbocycles. The molecule has 20 heavy (non-hydrogen) atoms. The normalized spacial score (nSPS) is 38.8. The first kappa shape index (κ1) is 14.3. The Balaban J connectivity index is 1.57. The molecule has 4 heteroatoms. The highest BCUT2D eigenvalue weighted by molar-refractivity contribution is 5.76. The minimum absolute atomic E-state index is 0.249. The van der Waals surface area contributed by atoms with Crippen LogP contribution in [0, 0.1) is 5.92 Å². The number of carbonyl (C=O) groups is 1. The van der Waals surface area contributed by atoms with Crippen molar-refractivity contribution in [2.24, 2.45) is 11.7 Å². The summed E-state index contributed by atoms with van der Waals surface area (Å²) in [6.07, 6.45) is 9.14. The molecule has 2 heterocycles. The molecule has 4 atom stereocenters. The lowest BCUT2D eigenvalue weighted by atomic mass is 9.82. The number of likely N-dealkylation sites (tertiary alicyclic amines) is 1. The lowest BCUT2D eigenvalue weighted by Crippen LogP contribution is -2.42. The van der Waals surface area contributed by atoms with E-state index in [-0.39, 0.29) is 6.04 Å². The summed E-state index contributed by atoms with van der Waals surface area (Å²) in [5.74, 6) is 0.780. The van der Waals surface area contributed by atoms with E-state index in [4.69, 9.17) is 5.73 Å². The van der Waals surface area contributed by atoms with Crippen molar-refractivity contribution in [2.75, 3.05) is 20.1 Å². The summed E-state index contributed by atoms with van der Waals surface area (Å²) in [5, 5.41) is 0. The van der Waals surface area contributed by atoms with Gasteiger partial charge in [0.1, 0.15) is 0 Å². The van der Waals surface area contributed by atoms with Crippen molar-refractivity contribution < 1.29 is 4.79 Å². The third-order valence-corrected chi connectivity index (χ3v) is 5.91. The fourth-order valence-electron chi connectivity index (χ4n) is 4.38. The van der Waals surface area contributed by atoms with Crippen LogP contribution in [-0.2, 0) is 4.79 Å². The van der Waals surface area contributed by atoms with Crippen molar-refractivity contribution in [1.82, 2.24) is 9.80 Å². The fourth-order valence-corrected chi connectivity index (χ4v) is 4.38. The Kier molecular flexibility index (Phi) is 4.32. The Morgan fingerprint density at radius 2 is 1.85 bits per heavy atom. The number of nitrogens with zero attached hydrogens (tertiary/aromatic N) is 2. The van der Waals surface area contributed by atoms with Crippen LogP contribution in [0.5, 0.6) is 0 Å². The first-order valence-corrected chi connectivity index (χ1v) is 8.40. The van der Waals surface area contributed by atoms with Gasteiger partial charge in [-0.1, -0.05) is 12.8 Å². The van der Waals surface area contributed by atoms with Crippen LogP contribution in [0.15, 0.2) is 0 Å². The molecule has 0 aromatic carbocycles. The molecular formula is C16H29N3O. The molecule has 3 fully saturated rings. The van der Waals surface area contributed by atoms with Gasteiger partial charge in [-0.25, -0.2) is 0 Å². The molecular weight excluding hydrogens is 250 g/mol. The second-order valence-corrected chi connectivity index (χ2v) is 7.09. The monoisotopic (exact) mass is 279 g/mol. The highest BCUT2D eigenvalue weighted by atomic mass is 16.2. The molecule has 2 N–H and O–H groups in total. The van der Waals surface area contributed by atoms with Crippen molar-refractivity contribution in [3.63, 3.8) is 0 Å². The van der Waals surface area contributed by atoms with E-state index in [1.54, 1.807) is 0 Å². The predicted octanol–water partition coefficient (Wildman–Crippen LogP) is 1.59. The highest BCUT2D eigenvalue weighted by Crippen LogP contribution is 2.30. The van der Waals surface area contributed by atoms with E-state index in [2.05, 4.69) is 16.8 Å². The first-order valence-electron chi connectivity index (χ1n) is 8.40. The van der Waals surface area contributed by atoms with Gasteiger partial charge in [0.2, 0.25) is 5.91 Å². The van der Waals surface area contributed by atoms with E-state index in [0.29, 0.717) is 30.3 Å². The molecule has 2 bridgehead atoms. The van der Waals surface area contributed by atoms with Gasteiger partial charge in [-0.3, -0.25) is 9.69 Å². The summed E-state index contributed by atoms with van der Waals surface area (Å²) in [7, 11) is 2.23. The molecule has 0 aromatic rings. The van der Waals surface area contributed by atoms with Gasteiger partial charge < -0.3 is 10.6 Å². The lowest BCUT2D eigenvalue weighted by Gasteiger charge is -2.31. The van der Waals surface area contributed by atoms with E-state index < -0.39 is 0 Å². The summed E-state index contributed by atoms with van der Waals surface area (Å²) in [6.45, 7) is 1.89. The molecule has 0 spiro atoms. The van der Waals surface area contributed by atoms with Crippen molar-refractivity contribution in [3.8, 4) is 0 Å². The van der Waals surface area contributed by atoms with Crippen LogP contribution in [0.2, 0.25) is 0 Å². The van der Waals surface area contributed by atoms with Gasteiger partial charge in [-0.2, -0.15) is 0 Å². The Morgan fingerprint density at radius 1 is 1.10 bits per heavy atom. The highest BCUT2D eigenvalue weighted by Gasteiger charge is 2.36. The van der Waals surface area contributed by atoms with Gasteiger partial charge in [0, 0.05) is 37.6 Å². The summed E-state index contributed by atoms with van der Waals surface area (Å²) < 4.78 is 0. The molecule has 3 rings (SSSR count). The van der Waals surface area contributed by atoms with E-state index in [1.165, 1.54) is 25.7 Å². The third kappa shape index (κ3) is 2.86. The van der Waals surface area contributed by atoms with Crippen LogP contribution in [0.3, 0.4) is 0 Å². The maximum absolute atomic E-state index is 12.6. The molecule has 2 aliphatic heterocycles. The van der Waals surface area contributed by atoms with Crippen LogP contribution >= 0.6 is 0 Å². The number of hydrogen-bond donors (Lipinski definition) is 1. The standard InChI is InChI=1S/C16H29N3O/c1-18-13-6-7-14(18)11-19(9-8-13)16(20)10-12-4-2-3-5-15(12)17/h12-15H,2-11,17H2,1H3. The van der Waals surface area contributed by atoms with Gasteiger partial charge >= 0.3 is 0 Å². The topological polar surface area (TPSA) is 49.6 Å². The number of nitrogens with two attached hydrogens (primary N) is 1. The number of hydrogen-bond acceptors (Lipinski definition) is 3. The van der Waals surface area contributed by atoms with Crippen molar-refractivity contribution in [1.29, 1.82) is 0 Å². The molecule has 114 valence electrons. The van der Waals surface area contributed by atoms with Crippen molar-refractivity contribution >= 4 is 5.91 Å². The number of likely N-dealkylation sites (N-methyl/N-ethyl adjacent to an activating group) is 1. The number of carbonyl (C=O) groups excluding carboxylic acids is 1. The van der Waals surface area contributed by atoms with Crippen LogP contribution in [0.4, 0.5) is 0 Å². The Labute approximate surface area is 122 Å². The van der Waals surface area contributed by atoms with E-state index in [0.717, 1.165) is 32.4 Å². The van der Waals surface area contributed by atoms with E-state index >= 15 is 0 Å². The summed E-state index contributed by atoms with van der Waals surface area (Å²) in [6, 6.07) is 1.54. The number of fused-ring (bicyclic) bond motifs is 2. The molecule has 2 saturated heterocycles. The molecule has 1 aliphatic carbocycles. The van der Waals surface area contributed by atoms with Gasteiger partial charge in [0.25, 0.3) is 0 Å². The predicted molar refractivity (Wildman–Crippen MR) is 80.3 cm³/mol. The minimum atomic E-state index is 0.249. The number of amides is 1. The molecule has 3 aliphatic rings. The average molecular weight is 279 g/mol. The lowest BCUT2D eigenvalue weighted by molar-refractivity contribution is -0.133. The van der Waals surface area contributed by atoms with E-state index in [9.17, 15) is 4.79 Å². The molecule has 4 nitrogen and oxygen atoms in total. The molecule has 4 unspecified atom stereocenters. The summed E-state index contributed by atoms with van der Waals surface area (Å²) in [4.78, 5) is 17.2. The zero-order chi connectivity index (χ0) is 14.1. The van der Waals surface area contributed by atoms with Gasteiger partial charge in [0.05, 0.1) is 0 Å². The molecule has 0 aromatic heterocycles. The van der Waals surface area contributed by atoms with Crippen LogP contribution in [-0.4, -0.2) is 54.0 Å². The third-order valence-electron chi connectivity index (χ3n) is 5.91. The van der Waals surface area contributed by atoms with Gasteiger partial charge in [-0.05, 0) is 45.1 Å². The van der Waals surface area contributed by atoms with Crippen LogP contribution in [0.25, 0.3) is 0 Å². The van der Waals surface area contributed by atoms with Crippen LogP contribution in [0.1, 0.15) is 51.4 Å². The maximum Gasteiger partial charge on any atom is 0.222 e. The van der Waals surface area contributed by atoms with Crippen molar-refractivity contribution in [3.05, 3.63) is 0 Å². The smallest absolute Gasteiger partial charge is 0.222 e. The summed E-state index contributed by atoms with van der Waals surface area (Å²) in [5.41, 5.74) is 6.19. The largest absolute Gasteiger partial charge is 0.341 e. The zero-order valence-corrected chi connectivity index (χ0v) is 12.8.